The van der Waals surface area contributed by atoms with Gasteiger partial charge < -0.3 is 11.1 Å². The molecule has 1 aromatic rings. The molecular weight excluding hydrogens is 202 g/mol. The maximum absolute atomic E-state index is 5.70. The lowest BCUT2D eigenvalue weighted by Crippen LogP contribution is -2.31. The van der Waals surface area contributed by atoms with Crippen molar-refractivity contribution < 1.29 is 0 Å². The summed E-state index contributed by atoms with van der Waals surface area (Å²) >= 11 is 0. The number of hydrogen-bond acceptors (Lipinski definition) is 5. The van der Waals surface area contributed by atoms with Gasteiger partial charge in [-0.15, -0.1) is 5.10 Å². The van der Waals surface area contributed by atoms with Crippen molar-refractivity contribution >= 4 is 5.95 Å². The Labute approximate surface area is 96.9 Å². The van der Waals surface area contributed by atoms with E-state index in [2.05, 4.69) is 34.3 Å². The number of nitrogens with zero attached hydrogens (tertiary/aromatic N) is 3. The lowest BCUT2D eigenvalue weighted by atomic mass is 10.0. The van der Waals surface area contributed by atoms with E-state index in [9.17, 15) is 0 Å². The van der Waals surface area contributed by atoms with Gasteiger partial charge in [0.1, 0.15) is 0 Å². The van der Waals surface area contributed by atoms with Crippen molar-refractivity contribution in [2.75, 3.05) is 11.9 Å². The van der Waals surface area contributed by atoms with Crippen molar-refractivity contribution in [1.29, 1.82) is 0 Å². The molecule has 1 atom stereocenters. The number of aryl methyl sites for hydroxylation is 2. The minimum Gasteiger partial charge on any atom is -0.349 e. The second-order valence-electron chi connectivity index (χ2n) is 4.51. The second kappa shape index (κ2) is 5.75. The van der Waals surface area contributed by atoms with E-state index in [4.69, 9.17) is 5.73 Å². The van der Waals surface area contributed by atoms with Gasteiger partial charge in [-0.2, -0.15) is 5.10 Å². The number of anilines is 1. The van der Waals surface area contributed by atoms with Crippen molar-refractivity contribution in [3.63, 3.8) is 0 Å². The van der Waals surface area contributed by atoms with Gasteiger partial charge in [0.05, 0.1) is 11.4 Å². The molecule has 0 saturated heterocycles. The number of aromatic nitrogens is 3. The van der Waals surface area contributed by atoms with Crippen LogP contribution < -0.4 is 11.1 Å². The summed E-state index contributed by atoms with van der Waals surface area (Å²) in [6, 6.07) is 0.212. The summed E-state index contributed by atoms with van der Waals surface area (Å²) in [4.78, 5) is 4.33. The van der Waals surface area contributed by atoms with Crippen LogP contribution in [0.25, 0.3) is 0 Å². The van der Waals surface area contributed by atoms with Crippen LogP contribution in [0.4, 0.5) is 5.95 Å². The molecule has 0 radical (unpaired) electrons. The maximum atomic E-state index is 5.70. The molecule has 0 aliphatic carbocycles. The summed E-state index contributed by atoms with van der Waals surface area (Å²) in [7, 11) is 0. The molecule has 1 heterocycles. The van der Waals surface area contributed by atoms with E-state index in [0.29, 0.717) is 18.4 Å². The number of hydrogen-bond donors (Lipinski definition) is 2. The monoisotopic (exact) mass is 223 g/mol. The van der Waals surface area contributed by atoms with Crippen molar-refractivity contribution in [1.82, 2.24) is 15.2 Å². The van der Waals surface area contributed by atoms with Crippen molar-refractivity contribution in [2.45, 2.75) is 40.2 Å². The average molecular weight is 223 g/mol. The summed E-state index contributed by atoms with van der Waals surface area (Å²) in [6.45, 7) is 8.74. The first-order valence-corrected chi connectivity index (χ1v) is 5.67. The molecule has 0 saturated carbocycles. The van der Waals surface area contributed by atoms with Crippen molar-refractivity contribution in [3.05, 3.63) is 11.4 Å². The number of nitrogens with two attached hydrogens (primary N) is 1. The third kappa shape index (κ3) is 3.73. The Bertz CT molecular complexity index is 337. The summed E-state index contributed by atoms with van der Waals surface area (Å²) in [5.41, 5.74) is 7.46. The Morgan fingerprint density at radius 3 is 2.38 bits per heavy atom. The van der Waals surface area contributed by atoms with Crippen LogP contribution in [0.2, 0.25) is 0 Å². The highest BCUT2D eigenvalue weighted by Gasteiger charge is 2.11. The Morgan fingerprint density at radius 1 is 1.19 bits per heavy atom. The fourth-order valence-electron chi connectivity index (χ4n) is 1.48. The molecule has 0 fully saturated rings. The molecule has 5 heteroatoms. The first kappa shape index (κ1) is 12.8. The van der Waals surface area contributed by atoms with Gasteiger partial charge in [0.2, 0.25) is 5.95 Å². The molecule has 5 nitrogen and oxygen atoms in total. The third-order valence-corrected chi connectivity index (χ3v) is 2.47. The third-order valence-electron chi connectivity index (χ3n) is 2.47. The molecule has 0 amide bonds. The fourth-order valence-corrected chi connectivity index (χ4v) is 1.48. The minimum absolute atomic E-state index is 0.212. The molecule has 16 heavy (non-hydrogen) atoms. The highest BCUT2D eigenvalue weighted by molar-refractivity contribution is 5.26. The smallest absolute Gasteiger partial charge is 0.243 e. The topological polar surface area (TPSA) is 76.7 Å². The predicted octanol–water partition coefficient (Wildman–Crippen LogP) is 1.27. The van der Waals surface area contributed by atoms with Gasteiger partial charge in [0.25, 0.3) is 0 Å². The number of rotatable bonds is 5. The van der Waals surface area contributed by atoms with E-state index in [1.165, 1.54) is 0 Å². The van der Waals surface area contributed by atoms with E-state index in [1.54, 1.807) is 0 Å². The van der Waals surface area contributed by atoms with Crippen LogP contribution in [-0.4, -0.2) is 27.8 Å². The van der Waals surface area contributed by atoms with Crippen LogP contribution in [0.1, 0.15) is 31.7 Å². The van der Waals surface area contributed by atoms with E-state index in [1.807, 2.05) is 13.8 Å². The zero-order valence-electron chi connectivity index (χ0n) is 10.5. The number of nitrogens with one attached hydrogen (secondary N) is 1. The van der Waals surface area contributed by atoms with E-state index in [-0.39, 0.29) is 6.04 Å². The molecule has 0 aliphatic heterocycles. The summed E-state index contributed by atoms with van der Waals surface area (Å²) in [6.07, 6.45) is 1.01. The van der Waals surface area contributed by atoms with E-state index < -0.39 is 0 Å². The summed E-state index contributed by atoms with van der Waals surface area (Å²) in [5.74, 6) is 1.17. The van der Waals surface area contributed by atoms with Crippen molar-refractivity contribution in [2.24, 2.45) is 11.7 Å². The van der Waals surface area contributed by atoms with E-state index >= 15 is 0 Å². The van der Waals surface area contributed by atoms with Crippen LogP contribution in [0.15, 0.2) is 0 Å². The highest BCUT2D eigenvalue weighted by atomic mass is 15.2. The Balaban J connectivity index is 2.66. The Kier molecular flexibility index (Phi) is 4.61. The van der Waals surface area contributed by atoms with E-state index in [0.717, 1.165) is 17.8 Å². The molecule has 0 aromatic carbocycles. The van der Waals surface area contributed by atoms with Crippen LogP contribution in [-0.2, 0) is 0 Å². The molecule has 0 spiro atoms. The largest absolute Gasteiger partial charge is 0.349 e. The molecule has 1 rings (SSSR count). The minimum atomic E-state index is 0.212. The van der Waals surface area contributed by atoms with Gasteiger partial charge in [-0.25, -0.2) is 4.98 Å². The summed E-state index contributed by atoms with van der Waals surface area (Å²) < 4.78 is 0. The zero-order valence-corrected chi connectivity index (χ0v) is 10.5. The second-order valence-corrected chi connectivity index (χ2v) is 4.51. The molecule has 0 aliphatic rings. The summed E-state index contributed by atoms with van der Waals surface area (Å²) in [5, 5.41) is 11.3. The van der Waals surface area contributed by atoms with Crippen molar-refractivity contribution in [3.8, 4) is 0 Å². The lowest BCUT2D eigenvalue weighted by Gasteiger charge is -2.18. The normalized spacial score (nSPS) is 12.9. The molecule has 1 unspecified atom stereocenters. The van der Waals surface area contributed by atoms with Gasteiger partial charge in [-0.3, -0.25) is 0 Å². The average Bonchev–Trinajstić information content (AvgIpc) is 2.22. The molecule has 0 bridgehead atoms. The standard InChI is InChI=1S/C11H21N5/c1-7(2)5-10(6-12)14-11-13-8(3)9(4)15-16-11/h7,10H,5-6,12H2,1-4H3,(H,13,14,16). The van der Waals surface area contributed by atoms with Gasteiger partial charge in [0, 0.05) is 12.6 Å². The van der Waals surface area contributed by atoms with Crippen LogP contribution in [0, 0.1) is 19.8 Å². The lowest BCUT2D eigenvalue weighted by molar-refractivity contribution is 0.519. The van der Waals surface area contributed by atoms with Crippen LogP contribution in [0.5, 0.6) is 0 Å². The fraction of sp³-hybridized carbons (Fsp3) is 0.727. The first-order valence-electron chi connectivity index (χ1n) is 5.67. The van der Waals surface area contributed by atoms with Crippen LogP contribution in [0.3, 0.4) is 0 Å². The SMILES string of the molecule is Cc1nnc(NC(CN)CC(C)C)nc1C. The highest BCUT2D eigenvalue weighted by Crippen LogP contribution is 2.09. The molecular formula is C11H21N5. The quantitative estimate of drug-likeness (QED) is 0.786. The Hall–Kier alpha value is -1.23. The Morgan fingerprint density at radius 2 is 1.88 bits per heavy atom. The first-order chi connectivity index (χ1) is 7.52. The van der Waals surface area contributed by atoms with Crippen LogP contribution >= 0.6 is 0 Å². The molecule has 3 N–H and O–H groups in total. The van der Waals surface area contributed by atoms with Gasteiger partial charge in [0.15, 0.2) is 0 Å². The zero-order chi connectivity index (χ0) is 12.1. The molecule has 1 aromatic heterocycles. The van der Waals surface area contributed by atoms with Gasteiger partial charge in [-0.1, -0.05) is 13.8 Å². The molecule has 90 valence electrons. The predicted molar refractivity (Wildman–Crippen MR) is 65.2 cm³/mol. The van der Waals surface area contributed by atoms with Gasteiger partial charge >= 0.3 is 0 Å². The van der Waals surface area contributed by atoms with Gasteiger partial charge in [-0.05, 0) is 26.2 Å². The maximum Gasteiger partial charge on any atom is 0.243 e.